The van der Waals surface area contributed by atoms with Crippen LogP contribution in [0.2, 0.25) is 0 Å². The Labute approximate surface area is 129 Å². The van der Waals surface area contributed by atoms with Gasteiger partial charge in [-0.3, -0.25) is 9.69 Å². The Kier molecular flexibility index (Phi) is 5.50. The molecule has 1 heterocycles. The molecule has 114 valence electrons. The van der Waals surface area contributed by atoms with E-state index in [0.29, 0.717) is 11.8 Å². The molecule has 0 saturated heterocycles. The van der Waals surface area contributed by atoms with Gasteiger partial charge in [0.2, 0.25) is 0 Å². The summed E-state index contributed by atoms with van der Waals surface area (Å²) < 4.78 is 4.56. The van der Waals surface area contributed by atoms with Crippen molar-refractivity contribution in [3.05, 3.63) is 24.3 Å². The van der Waals surface area contributed by atoms with Gasteiger partial charge in [-0.25, -0.2) is 4.79 Å². The van der Waals surface area contributed by atoms with Gasteiger partial charge in [-0.1, -0.05) is 19.1 Å². The van der Waals surface area contributed by atoms with Crippen LogP contribution in [0.25, 0.3) is 0 Å². The predicted molar refractivity (Wildman–Crippen MR) is 83.8 cm³/mol. The number of hydrogen-bond acceptors (Lipinski definition) is 4. The summed E-state index contributed by atoms with van der Waals surface area (Å²) in [5, 5.41) is 3.17. The third-order valence-corrected chi connectivity index (χ3v) is 4.78. The Morgan fingerprint density at radius 3 is 2.90 bits per heavy atom. The Balaban J connectivity index is 2.04. The first-order valence-electron chi connectivity index (χ1n) is 7.03. The van der Waals surface area contributed by atoms with E-state index in [-0.39, 0.29) is 25.0 Å². The maximum atomic E-state index is 12.3. The van der Waals surface area contributed by atoms with Gasteiger partial charge in [-0.05, 0) is 18.6 Å². The normalized spacial score (nSPS) is 17.0. The van der Waals surface area contributed by atoms with Gasteiger partial charge in [-0.15, -0.1) is 11.8 Å². The first-order valence-corrected chi connectivity index (χ1v) is 7.91. The highest BCUT2D eigenvalue weighted by Gasteiger charge is 2.27. The van der Waals surface area contributed by atoms with E-state index >= 15 is 0 Å². The number of nitrogens with one attached hydrogen (secondary N) is 1. The molecular weight excluding hydrogens is 288 g/mol. The fourth-order valence-corrected chi connectivity index (χ4v) is 3.38. The quantitative estimate of drug-likeness (QED) is 0.869. The molecule has 0 spiro atoms. The summed E-state index contributed by atoms with van der Waals surface area (Å²) in [4.78, 5) is 26.3. The number of fused-ring (bicyclic) bond motifs is 1. The number of hydrogen-bond donors (Lipinski definition) is 1. The van der Waals surface area contributed by atoms with Crippen LogP contribution in [0.3, 0.4) is 0 Å². The summed E-state index contributed by atoms with van der Waals surface area (Å²) in [5.41, 5.74) is 0.933. The van der Waals surface area contributed by atoms with Crippen molar-refractivity contribution < 1.29 is 14.3 Å². The minimum Gasteiger partial charge on any atom is -0.469 e. The molecule has 0 saturated carbocycles. The number of nitrogens with zero attached hydrogens (tertiary/aromatic N) is 1. The lowest BCUT2D eigenvalue weighted by Gasteiger charge is -2.33. The van der Waals surface area contributed by atoms with Gasteiger partial charge in [0, 0.05) is 23.2 Å². The van der Waals surface area contributed by atoms with E-state index in [1.165, 1.54) is 7.11 Å². The maximum absolute atomic E-state index is 12.3. The second kappa shape index (κ2) is 7.36. The molecular formula is C15H20N2O3S. The lowest BCUT2D eigenvalue weighted by Crippen LogP contribution is -2.45. The first kappa shape index (κ1) is 15.7. The van der Waals surface area contributed by atoms with Crippen LogP contribution in [-0.4, -0.2) is 37.4 Å². The molecule has 1 aliphatic rings. The van der Waals surface area contributed by atoms with Crippen LogP contribution >= 0.6 is 11.8 Å². The zero-order valence-corrected chi connectivity index (χ0v) is 13.1. The van der Waals surface area contributed by atoms with Crippen molar-refractivity contribution in [2.75, 3.05) is 25.1 Å². The molecule has 1 aromatic carbocycles. The van der Waals surface area contributed by atoms with Crippen LogP contribution in [-0.2, 0) is 9.53 Å². The highest BCUT2D eigenvalue weighted by molar-refractivity contribution is 8.00. The van der Waals surface area contributed by atoms with E-state index in [9.17, 15) is 9.59 Å². The molecule has 2 amide bonds. The van der Waals surface area contributed by atoms with Gasteiger partial charge in [-0.2, -0.15) is 0 Å². The topological polar surface area (TPSA) is 58.6 Å². The number of benzene rings is 1. The largest absolute Gasteiger partial charge is 0.469 e. The molecule has 0 aromatic heterocycles. The number of esters is 1. The predicted octanol–water partition coefficient (Wildman–Crippen LogP) is 2.65. The van der Waals surface area contributed by atoms with E-state index in [0.717, 1.165) is 17.0 Å². The van der Waals surface area contributed by atoms with Crippen molar-refractivity contribution in [2.45, 2.75) is 29.9 Å². The number of amides is 2. The van der Waals surface area contributed by atoms with Gasteiger partial charge < -0.3 is 10.1 Å². The second-order valence-electron chi connectivity index (χ2n) is 4.78. The number of rotatable bonds is 4. The molecule has 6 heteroatoms. The van der Waals surface area contributed by atoms with E-state index in [2.05, 4.69) is 17.0 Å². The van der Waals surface area contributed by atoms with Crippen molar-refractivity contribution in [1.29, 1.82) is 0 Å². The van der Waals surface area contributed by atoms with Crippen LogP contribution in [0.4, 0.5) is 10.5 Å². The number of ether oxygens (including phenoxy) is 1. The lowest BCUT2D eigenvalue weighted by atomic mass is 10.2. The molecule has 1 aromatic rings. The van der Waals surface area contributed by atoms with Crippen LogP contribution in [0, 0.1) is 0 Å². The fraction of sp³-hybridized carbons (Fsp3) is 0.467. The fourth-order valence-electron chi connectivity index (χ4n) is 2.17. The van der Waals surface area contributed by atoms with Gasteiger partial charge >= 0.3 is 12.0 Å². The summed E-state index contributed by atoms with van der Waals surface area (Å²) in [7, 11) is 1.34. The lowest BCUT2D eigenvalue weighted by molar-refractivity contribution is -0.140. The van der Waals surface area contributed by atoms with Crippen molar-refractivity contribution in [2.24, 2.45) is 0 Å². The maximum Gasteiger partial charge on any atom is 0.321 e. The number of carbonyl (C=O) groups excluding carboxylic acids is 2. The second-order valence-corrected chi connectivity index (χ2v) is 6.13. The molecule has 0 unspecified atom stereocenters. The molecule has 1 N–H and O–H groups in total. The number of thioether (sulfide) groups is 1. The summed E-state index contributed by atoms with van der Waals surface area (Å²) in [6, 6.07) is 7.74. The van der Waals surface area contributed by atoms with Gasteiger partial charge in [0.25, 0.3) is 0 Å². The minimum absolute atomic E-state index is 0.162. The van der Waals surface area contributed by atoms with E-state index in [1.54, 1.807) is 4.90 Å². The van der Waals surface area contributed by atoms with Gasteiger partial charge in [0.15, 0.2) is 0 Å². The van der Waals surface area contributed by atoms with Crippen molar-refractivity contribution in [3.63, 3.8) is 0 Å². The summed E-state index contributed by atoms with van der Waals surface area (Å²) in [5.74, 6) is -0.323. The van der Waals surface area contributed by atoms with Crippen LogP contribution in [0.1, 0.15) is 19.8 Å². The number of para-hydroxylation sites is 1. The first-order chi connectivity index (χ1) is 10.2. The smallest absolute Gasteiger partial charge is 0.321 e. The summed E-state index contributed by atoms with van der Waals surface area (Å²) in [6.45, 7) is 3.09. The van der Waals surface area contributed by atoms with E-state index < -0.39 is 0 Å². The van der Waals surface area contributed by atoms with Crippen molar-refractivity contribution in [3.8, 4) is 0 Å². The number of carbonyl (C=O) groups is 2. The number of methoxy groups -OCH3 is 1. The SMILES string of the molecule is CC[C@H]1CN(C(=O)NCCC(=O)OC)c2ccccc2S1. The van der Waals surface area contributed by atoms with E-state index in [4.69, 9.17) is 0 Å². The zero-order valence-electron chi connectivity index (χ0n) is 12.3. The molecule has 0 aliphatic carbocycles. The third-order valence-electron chi connectivity index (χ3n) is 3.37. The average Bonchev–Trinajstić information content (AvgIpc) is 2.53. The highest BCUT2D eigenvalue weighted by Crippen LogP contribution is 2.39. The Morgan fingerprint density at radius 1 is 1.43 bits per heavy atom. The van der Waals surface area contributed by atoms with Crippen molar-refractivity contribution >= 4 is 29.4 Å². The van der Waals surface area contributed by atoms with E-state index in [1.807, 2.05) is 36.0 Å². The number of urea groups is 1. The molecule has 0 fully saturated rings. The van der Waals surface area contributed by atoms with Crippen LogP contribution < -0.4 is 10.2 Å². The molecule has 1 aliphatic heterocycles. The Hall–Kier alpha value is -1.69. The Bertz CT molecular complexity index is 521. The highest BCUT2D eigenvalue weighted by atomic mass is 32.2. The summed E-state index contributed by atoms with van der Waals surface area (Å²) in [6.07, 6.45) is 1.19. The molecule has 0 radical (unpaired) electrons. The van der Waals surface area contributed by atoms with Gasteiger partial charge in [0.05, 0.1) is 19.2 Å². The van der Waals surface area contributed by atoms with Gasteiger partial charge in [0.1, 0.15) is 0 Å². The average molecular weight is 308 g/mol. The molecule has 1 atom stereocenters. The minimum atomic E-state index is -0.323. The third kappa shape index (κ3) is 3.91. The number of anilines is 1. The monoisotopic (exact) mass is 308 g/mol. The molecule has 0 bridgehead atoms. The molecule has 5 nitrogen and oxygen atoms in total. The molecule has 2 rings (SSSR count). The Morgan fingerprint density at radius 2 is 2.19 bits per heavy atom. The van der Waals surface area contributed by atoms with Crippen molar-refractivity contribution in [1.82, 2.24) is 5.32 Å². The molecule has 21 heavy (non-hydrogen) atoms. The zero-order chi connectivity index (χ0) is 15.2. The van der Waals surface area contributed by atoms with Crippen LogP contribution in [0.5, 0.6) is 0 Å². The summed E-state index contributed by atoms with van der Waals surface area (Å²) >= 11 is 1.81. The standard InChI is InChI=1S/C15H20N2O3S/c1-3-11-10-17(12-6-4-5-7-13(12)21-11)15(19)16-9-8-14(18)20-2/h4-7,11H,3,8-10H2,1-2H3,(H,16,19)/t11-/m0/s1. The van der Waals surface area contributed by atoms with Crippen LogP contribution in [0.15, 0.2) is 29.2 Å².